The fourth-order valence-electron chi connectivity index (χ4n) is 4.51. The van der Waals surface area contributed by atoms with E-state index in [1.807, 2.05) is 24.3 Å². The molecule has 5 nitrogen and oxygen atoms in total. The Morgan fingerprint density at radius 2 is 2.20 bits per heavy atom. The lowest BCUT2D eigenvalue weighted by Gasteiger charge is -2.52. The Bertz CT molecular complexity index is 805. The first-order valence-corrected chi connectivity index (χ1v) is 8.79. The van der Waals surface area contributed by atoms with Gasteiger partial charge in [-0.3, -0.25) is 9.88 Å². The molecule has 5 rings (SSSR count). The third-order valence-electron chi connectivity index (χ3n) is 5.92. The molecule has 4 atom stereocenters. The van der Waals surface area contributed by atoms with Gasteiger partial charge in [0.2, 0.25) is 5.79 Å². The molecule has 3 saturated heterocycles. The van der Waals surface area contributed by atoms with E-state index in [0.717, 1.165) is 36.8 Å². The van der Waals surface area contributed by atoms with E-state index in [-0.39, 0.29) is 6.04 Å². The van der Waals surface area contributed by atoms with E-state index in [4.69, 9.17) is 4.74 Å². The molecule has 2 bridgehead atoms. The minimum Gasteiger partial charge on any atom is -0.497 e. The highest BCUT2D eigenvalue weighted by Gasteiger charge is 2.49. The molecule has 3 aliphatic heterocycles. The zero-order chi connectivity index (χ0) is 17.6. The minimum atomic E-state index is -1.93. The normalized spacial score (nSPS) is 28.9. The molecule has 4 unspecified atom stereocenters. The zero-order valence-electron chi connectivity index (χ0n) is 14.4. The summed E-state index contributed by atoms with van der Waals surface area (Å²) in [5, 5.41) is 23.1. The summed E-state index contributed by atoms with van der Waals surface area (Å²) in [5.74, 6) is -0.350. The van der Waals surface area contributed by atoms with Crippen LogP contribution in [-0.2, 0) is 5.79 Å². The molecule has 1 aromatic heterocycles. The molecule has 2 aromatic rings. The van der Waals surface area contributed by atoms with E-state index in [2.05, 4.69) is 16.5 Å². The van der Waals surface area contributed by atoms with Gasteiger partial charge in [-0.05, 0) is 55.5 Å². The number of aromatic nitrogens is 1. The van der Waals surface area contributed by atoms with Gasteiger partial charge >= 0.3 is 0 Å². The number of pyridine rings is 1. The van der Waals surface area contributed by atoms with Crippen LogP contribution in [0.1, 0.15) is 18.4 Å². The Hall–Kier alpha value is -1.95. The molecule has 132 valence electrons. The van der Waals surface area contributed by atoms with Crippen molar-refractivity contribution in [2.75, 3.05) is 20.2 Å². The van der Waals surface area contributed by atoms with Crippen molar-refractivity contribution in [1.29, 1.82) is 0 Å². The maximum absolute atomic E-state index is 11.2. The molecular formula is C20H24N2O3. The molecule has 25 heavy (non-hydrogen) atoms. The molecule has 3 fully saturated rings. The van der Waals surface area contributed by atoms with Crippen molar-refractivity contribution in [3.8, 4) is 5.75 Å². The highest BCUT2D eigenvalue weighted by Crippen LogP contribution is 2.43. The summed E-state index contributed by atoms with van der Waals surface area (Å²) in [7, 11) is 1.60. The first-order valence-electron chi connectivity index (χ1n) is 8.79. The number of hydrogen-bond donors (Lipinski definition) is 2. The van der Waals surface area contributed by atoms with Crippen molar-refractivity contribution in [3.63, 3.8) is 0 Å². The van der Waals surface area contributed by atoms with Gasteiger partial charge in [0.15, 0.2) is 0 Å². The Labute approximate surface area is 147 Å². The van der Waals surface area contributed by atoms with Crippen LogP contribution in [0.25, 0.3) is 10.9 Å². The van der Waals surface area contributed by atoms with Crippen LogP contribution >= 0.6 is 0 Å². The van der Waals surface area contributed by atoms with Crippen LogP contribution in [0, 0.1) is 11.8 Å². The summed E-state index contributed by atoms with van der Waals surface area (Å²) in [6.07, 6.45) is 5.50. The summed E-state index contributed by atoms with van der Waals surface area (Å²) in [6.45, 7) is 5.67. The van der Waals surface area contributed by atoms with Gasteiger partial charge in [0.1, 0.15) is 5.75 Å². The van der Waals surface area contributed by atoms with E-state index in [1.165, 1.54) is 0 Å². The molecule has 1 aromatic carbocycles. The topological polar surface area (TPSA) is 65.8 Å². The Morgan fingerprint density at radius 3 is 2.88 bits per heavy atom. The molecule has 0 amide bonds. The second-order valence-electron chi connectivity index (χ2n) is 7.16. The first-order chi connectivity index (χ1) is 12.0. The molecule has 5 heteroatoms. The van der Waals surface area contributed by atoms with Crippen LogP contribution in [0.2, 0.25) is 0 Å². The predicted octanol–water partition coefficient (Wildman–Crippen LogP) is 2.28. The number of nitrogens with zero attached hydrogens (tertiary/aromatic N) is 2. The third kappa shape index (κ3) is 2.63. The van der Waals surface area contributed by atoms with Crippen LogP contribution in [0.3, 0.4) is 0 Å². The lowest BCUT2D eigenvalue weighted by Crippen LogP contribution is -2.60. The molecule has 0 spiro atoms. The Balaban J connectivity index is 1.76. The number of ether oxygens (including phenoxy) is 1. The highest BCUT2D eigenvalue weighted by atomic mass is 16.5. The second kappa shape index (κ2) is 6.09. The van der Waals surface area contributed by atoms with Crippen molar-refractivity contribution in [2.24, 2.45) is 11.8 Å². The van der Waals surface area contributed by atoms with Crippen LogP contribution in [0.4, 0.5) is 0 Å². The average molecular weight is 340 g/mol. The van der Waals surface area contributed by atoms with Crippen molar-refractivity contribution in [1.82, 2.24) is 9.88 Å². The molecule has 3 aliphatic rings. The van der Waals surface area contributed by atoms with E-state index in [0.29, 0.717) is 23.1 Å². The highest BCUT2D eigenvalue weighted by molar-refractivity contribution is 5.84. The Kier molecular flexibility index (Phi) is 4.02. The molecular weight excluding hydrogens is 316 g/mol. The molecule has 4 heterocycles. The van der Waals surface area contributed by atoms with Crippen LogP contribution in [0.5, 0.6) is 5.75 Å². The van der Waals surface area contributed by atoms with E-state index < -0.39 is 5.79 Å². The number of fused-ring (bicyclic) bond motifs is 4. The van der Waals surface area contributed by atoms with E-state index in [1.54, 1.807) is 19.4 Å². The maximum atomic E-state index is 11.2. The average Bonchev–Trinajstić information content (AvgIpc) is 2.67. The summed E-state index contributed by atoms with van der Waals surface area (Å²) in [4.78, 5) is 6.54. The van der Waals surface area contributed by atoms with Crippen molar-refractivity contribution in [2.45, 2.75) is 24.7 Å². The quantitative estimate of drug-likeness (QED) is 0.660. The van der Waals surface area contributed by atoms with Crippen molar-refractivity contribution >= 4 is 10.9 Å². The number of rotatable bonds is 4. The number of piperidine rings is 3. The zero-order valence-corrected chi connectivity index (χ0v) is 14.4. The smallest absolute Gasteiger partial charge is 0.206 e. The molecule has 0 aliphatic carbocycles. The van der Waals surface area contributed by atoms with Gasteiger partial charge in [0.25, 0.3) is 0 Å². The van der Waals surface area contributed by atoms with Crippen molar-refractivity contribution in [3.05, 3.63) is 48.7 Å². The summed E-state index contributed by atoms with van der Waals surface area (Å²) in [5.41, 5.74) is 1.22. The van der Waals surface area contributed by atoms with Crippen LogP contribution < -0.4 is 4.74 Å². The third-order valence-corrected chi connectivity index (χ3v) is 5.92. The van der Waals surface area contributed by atoms with Gasteiger partial charge in [-0.1, -0.05) is 6.08 Å². The standard InChI is InChI=1S/C20H24N2O3/c1-3-13-12-22-9-7-14(13)10-19(22)20(23,24)17-6-8-21-18-5-4-15(25-2)11-16(17)18/h3-6,8,11,13-14,19,23-24H,1,7,9-10,12H2,2H3. The minimum absolute atomic E-state index is 0.320. The van der Waals surface area contributed by atoms with Gasteiger partial charge in [-0.2, -0.15) is 0 Å². The number of aliphatic hydroxyl groups is 2. The first kappa shape index (κ1) is 16.5. The summed E-state index contributed by atoms with van der Waals surface area (Å²) < 4.78 is 5.30. The maximum Gasteiger partial charge on any atom is 0.206 e. The van der Waals surface area contributed by atoms with Gasteiger partial charge in [-0.15, -0.1) is 6.58 Å². The Morgan fingerprint density at radius 1 is 1.36 bits per heavy atom. The van der Waals surface area contributed by atoms with Gasteiger partial charge in [-0.25, -0.2) is 0 Å². The molecule has 2 N–H and O–H groups in total. The van der Waals surface area contributed by atoms with Gasteiger partial charge in [0.05, 0.1) is 18.7 Å². The fraction of sp³-hybridized carbons (Fsp3) is 0.450. The number of methoxy groups -OCH3 is 1. The monoisotopic (exact) mass is 340 g/mol. The van der Waals surface area contributed by atoms with Crippen molar-refractivity contribution < 1.29 is 14.9 Å². The largest absolute Gasteiger partial charge is 0.497 e. The lowest BCUT2D eigenvalue weighted by molar-refractivity contribution is -0.237. The van der Waals surface area contributed by atoms with Crippen LogP contribution in [0.15, 0.2) is 43.1 Å². The number of hydrogen-bond acceptors (Lipinski definition) is 5. The SMILES string of the molecule is C=CC1CN2CCC1CC2C(O)(O)c1ccnc2ccc(OC)cc12. The fourth-order valence-corrected chi connectivity index (χ4v) is 4.51. The van der Waals surface area contributed by atoms with Gasteiger partial charge < -0.3 is 14.9 Å². The molecule has 0 saturated carbocycles. The molecule has 0 radical (unpaired) electrons. The summed E-state index contributed by atoms with van der Waals surface area (Å²) >= 11 is 0. The lowest BCUT2D eigenvalue weighted by atomic mass is 9.72. The van der Waals surface area contributed by atoms with E-state index >= 15 is 0 Å². The second-order valence-corrected chi connectivity index (χ2v) is 7.16. The predicted molar refractivity (Wildman–Crippen MR) is 96.2 cm³/mol. The van der Waals surface area contributed by atoms with Crippen LogP contribution in [-0.4, -0.2) is 46.3 Å². The summed E-state index contributed by atoms with van der Waals surface area (Å²) in [6, 6.07) is 6.88. The van der Waals surface area contributed by atoms with Gasteiger partial charge in [0, 0.05) is 23.7 Å². The number of benzene rings is 1. The van der Waals surface area contributed by atoms with E-state index in [9.17, 15) is 10.2 Å².